The minimum absolute atomic E-state index is 0.0479. The molecular weight excluding hydrogens is 456 g/mol. The van der Waals surface area contributed by atoms with Crippen molar-refractivity contribution >= 4 is 23.7 Å². The van der Waals surface area contributed by atoms with E-state index >= 15 is 0 Å². The average Bonchev–Trinajstić information content (AvgIpc) is 2.94. The Hall–Kier alpha value is -5.02. The van der Waals surface area contributed by atoms with E-state index in [-0.39, 0.29) is 5.75 Å². The number of hydrogen-bond donors (Lipinski definition) is 1. The molecule has 0 unspecified atom stereocenters. The Balaban J connectivity index is 1.49. The lowest BCUT2D eigenvalue weighted by Gasteiger charge is -2.15. The number of benzene rings is 5. The van der Waals surface area contributed by atoms with E-state index in [0.717, 1.165) is 22.3 Å². The van der Waals surface area contributed by atoms with Gasteiger partial charge in [0.25, 0.3) is 0 Å². The fourth-order valence-electron chi connectivity index (χ4n) is 3.88. The molecule has 0 heterocycles. The highest BCUT2D eigenvalue weighted by atomic mass is 16.5. The van der Waals surface area contributed by atoms with Crippen molar-refractivity contribution in [1.29, 1.82) is 0 Å². The lowest BCUT2D eigenvalue weighted by molar-refractivity contribution is 0.451. The van der Waals surface area contributed by atoms with E-state index in [0.29, 0.717) is 23.0 Å². The van der Waals surface area contributed by atoms with Crippen LogP contribution in [0.15, 0.2) is 140 Å². The van der Waals surface area contributed by atoms with Crippen LogP contribution in [0.25, 0.3) is 23.7 Å². The summed E-state index contributed by atoms with van der Waals surface area (Å²) in [7, 11) is 0. The average molecular weight is 483 g/mol. The molecule has 37 heavy (non-hydrogen) atoms. The highest BCUT2D eigenvalue weighted by molar-refractivity contribution is 5.80. The number of rotatable bonds is 8. The lowest BCUT2D eigenvalue weighted by atomic mass is 10.1. The molecule has 0 radical (unpaired) electrons. The van der Waals surface area contributed by atoms with E-state index in [1.807, 2.05) is 133 Å². The molecular formula is C34H26O3. The largest absolute Gasteiger partial charge is 0.508 e. The second-order valence-corrected chi connectivity index (χ2v) is 8.44. The molecule has 0 saturated carbocycles. The predicted octanol–water partition coefficient (Wildman–Crippen LogP) is 8.55. The monoisotopic (exact) mass is 482 g/mol. The quantitative estimate of drug-likeness (QED) is 0.178. The van der Waals surface area contributed by atoms with Gasteiger partial charge < -0.3 is 14.6 Å². The maximum absolute atomic E-state index is 10.5. The van der Waals surface area contributed by atoms with E-state index < -0.39 is 0 Å². The zero-order chi connectivity index (χ0) is 25.3. The molecule has 0 spiro atoms. The first kappa shape index (κ1) is 23.7. The Morgan fingerprint density at radius 3 is 1.19 bits per heavy atom. The molecule has 3 heteroatoms. The highest BCUT2D eigenvalue weighted by Gasteiger charge is 2.11. The normalized spacial score (nSPS) is 11.7. The molecule has 0 saturated heterocycles. The number of ether oxygens (including phenoxy) is 2. The van der Waals surface area contributed by atoms with E-state index in [4.69, 9.17) is 9.47 Å². The SMILES string of the molecule is Oc1cc(O/C(=C\c2ccccc2)c2ccccc2)cc(O/C(=C\c2ccccc2)c2ccccc2)c1. The molecule has 0 fully saturated rings. The minimum atomic E-state index is 0.0479. The van der Waals surface area contributed by atoms with Crippen molar-refractivity contribution in [3.8, 4) is 17.2 Å². The van der Waals surface area contributed by atoms with Crippen LogP contribution in [0.4, 0.5) is 0 Å². The Kier molecular flexibility index (Phi) is 7.44. The Bertz CT molecular complexity index is 1380. The third-order valence-corrected chi connectivity index (χ3v) is 5.63. The van der Waals surface area contributed by atoms with Gasteiger partial charge in [0.05, 0.1) is 0 Å². The van der Waals surface area contributed by atoms with Crippen molar-refractivity contribution in [2.45, 2.75) is 0 Å². The molecule has 0 aliphatic carbocycles. The number of phenols is 1. The molecule has 1 N–H and O–H groups in total. The molecule has 5 aromatic carbocycles. The molecule has 3 nitrogen and oxygen atoms in total. The molecule has 0 aliphatic rings. The summed E-state index contributed by atoms with van der Waals surface area (Å²) in [4.78, 5) is 0. The minimum Gasteiger partial charge on any atom is -0.508 e. The van der Waals surface area contributed by atoms with Crippen LogP contribution in [0.2, 0.25) is 0 Å². The Morgan fingerprint density at radius 2 is 0.811 bits per heavy atom. The third kappa shape index (κ3) is 6.56. The highest BCUT2D eigenvalue weighted by Crippen LogP contribution is 2.33. The van der Waals surface area contributed by atoms with Gasteiger partial charge in [0.2, 0.25) is 0 Å². The first-order chi connectivity index (χ1) is 18.2. The van der Waals surface area contributed by atoms with Gasteiger partial charge in [0.1, 0.15) is 28.8 Å². The predicted molar refractivity (Wildman–Crippen MR) is 151 cm³/mol. The Morgan fingerprint density at radius 1 is 0.459 bits per heavy atom. The van der Waals surface area contributed by atoms with Gasteiger partial charge in [0, 0.05) is 29.3 Å². The molecule has 5 rings (SSSR count). The van der Waals surface area contributed by atoms with Gasteiger partial charge in [0.15, 0.2) is 0 Å². The van der Waals surface area contributed by atoms with E-state index in [2.05, 4.69) is 0 Å². The second kappa shape index (κ2) is 11.6. The van der Waals surface area contributed by atoms with E-state index in [9.17, 15) is 5.11 Å². The van der Waals surface area contributed by atoms with Crippen molar-refractivity contribution in [3.63, 3.8) is 0 Å². The smallest absolute Gasteiger partial charge is 0.135 e. The third-order valence-electron chi connectivity index (χ3n) is 5.63. The van der Waals surface area contributed by atoms with Crippen LogP contribution in [0, 0.1) is 0 Å². The first-order valence-electron chi connectivity index (χ1n) is 12.1. The molecule has 0 aliphatic heterocycles. The van der Waals surface area contributed by atoms with Crippen LogP contribution in [0.5, 0.6) is 17.2 Å². The first-order valence-corrected chi connectivity index (χ1v) is 12.1. The number of aromatic hydroxyl groups is 1. The molecule has 0 atom stereocenters. The van der Waals surface area contributed by atoms with Crippen LogP contribution in [0.1, 0.15) is 22.3 Å². The summed E-state index contributed by atoms with van der Waals surface area (Å²) in [5, 5.41) is 10.5. The summed E-state index contributed by atoms with van der Waals surface area (Å²) in [5.41, 5.74) is 3.86. The van der Waals surface area contributed by atoms with Crippen molar-refractivity contribution < 1.29 is 14.6 Å². The maximum atomic E-state index is 10.5. The van der Waals surface area contributed by atoms with Crippen molar-refractivity contribution in [3.05, 3.63) is 162 Å². The fourth-order valence-corrected chi connectivity index (χ4v) is 3.88. The van der Waals surface area contributed by atoms with Gasteiger partial charge in [-0.05, 0) is 23.3 Å². The summed E-state index contributed by atoms with van der Waals surface area (Å²) in [6, 6.07) is 44.7. The molecule has 0 aromatic heterocycles. The number of phenolic OH excluding ortho intramolecular Hbond substituents is 1. The zero-order valence-electron chi connectivity index (χ0n) is 20.2. The van der Waals surface area contributed by atoms with Gasteiger partial charge in [-0.15, -0.1) is 0 Å². The van der Waals surface area contributed by atoms with E-state index in [1.165, 1.54) is 0 Å². The summed E-state index contributed by atoms with van der Waals surface area (Å²) >= 11 is 0. The second-order valence-electron chi connectivity index (χ2n) is 8.44. The molecule has 180 valence electrons. The summed E-state index contributed by atoms with van der Waals surface area (Å²) in [5.74, 6) is 2.30. The van der Waals surface area contributed by atoms with Crippen LogP contribution in [-0.2, 0) is 0 Å². The summed E-state index contributed by atoms with van der Waals surface area (Å²) < 4.78 is 12.7. The van der Waals surface area contributed by atoms with Gasteiger partial charge >= 0.3 is 0 Å². The number of hydrogen-bond acceptors (Lipinski definition) is 3. The van der Waals surface area contributed by atoms with Crippen molar-refractivity contribution in [2.24, 2.45) is 0 Å². The summed E-state index contributed by atoms with van der Waals surface area (Å²) in [6.07, 6.45) is 3.95. The van der Waals surface area contributed by atoms with Crippen LogP contribution in [-0.4, -0.2) is 5.11 Å². The van der Waals surface area contributed by atoms with Crippen LogP contribution >= 0.6 is 0 Å². The molecule has 5 aromatic rings. The zero-order valence-corrected chi connectivity index (χ0v) is 20.2. The fraction of sp³-hybridized carbons (Fsp3) is 0. The van der Waals surface area contributed by atoms with Gasteiger partial charge in [-0.1, -0.05) is 121 Å². The standard InChI is InChI=1S/C34H26O3/c35-30-23-31(36-33(28-17-9-3-10-18-28)21-26-13-5-1-6-14-26)25-32(24-30)37-34(29-19-11-4-12-20-29)22-27-15-7-2-8-16-27/h1-25,35H/b33-21-,34-22-. The van der Waals surface area contributed by atoms with E-state index in [1.54, 1.807) is 18.2 Å². The molecule has 0 amide bonds. The molecule has 0 bridgehead atoms. The maximum Gasteiger partial charge on any atom is 0.135 e. The van der Waals surface area contributed by atoms with Crippen molar-refractivity contribution in [2.75, 3.05) is 0 Å². The Labute approximate surface area is 217 Å². The van der Waals surface area contributed by atoms with Crippen LogP contribution in [0.3, 0.4) is 0 Å². The van der Waals surface area contributed by atoms with Crippen molar-refractivity contribution in [1.82, 2.24) is 0 Å². The van der Waals surface area contributed by atoms with Gasteiger partial charge in [-0.25, -0.2) is 0 Å². The van der Waals surface area contributed by atoms with Gasteiger partial charge in [-0.3, -0.25) is 0 Å². The van der Waals surface area contributed by atoms with Gasteiger partial charge in [-0.2, -0.15) is 0 Å². The summed E-state index contributed by atoms with van der Waals surface area (Å²) in [6.45, 7) is 0. The van der Waals surface area contributed by atoms with Crippen LogP contribution < -0.4 is 9.47 Å². The topological polar surface area (TPSA) is 38.7 Å². The lowest BCUT2D eigenvalue weighted by Crippen LogP contribution is -1.98.